The van der Waals surface area contributed by atoms with Gasteiger partial charge in [0.2, 0.25) is 5.82 Å². The second-order valence-corrected chi connectivity index (χ2v) is 6.29. The molecule has 1 heterocycles. The van der Waals surface area contributed by atoms with Crippen molar-refractivity contribution in [2.45, 2.75) is 4.90 Å². The summed E-state index contributed by atoms with van der Waals surface area (Å²) in [5, 5.41) is 10.9. The Labute approximate surface area is 127 Å². The van der Waals surface area contributed by atoms with Crippen molar-refractivity contribution >= 4 is 37.5 Å². The third-order valence-electron chi connectivity index (χ3n) is 2.41. The van der Waals surface area contributed by atoms with Crippen molar-refractivity contribution < 1.29 is 17.7 Å². The zero-order valence-electron chi connectivity index (χ0n) is 10.2. The Morgan fingerprint density at radius 1 is 1.29 bits per heavy atom. The molecule has 1 aromatic carbocycles. The van der Waals surface area contributed by atoms with E-state index in [4.69, 9.17) is 0 Å². The van der Waals surface area contributed by atoms with E-state index < -0.39 is 31.3 Å². The summed E-state index contributed by atoms with van der Waals surface area (Å²) >= 11 is 3.09. The average molecular weight is 376 g/mol. The minimum Gasteiger partial charge on any atom is -0.262 e. The summed E-state index contributed by atoms with van der Waals surface area (Å²) in [7, 11) is -4.36. The van der Waals surface area contributed by atoms with E-state index in [0.717, 1.165) is 18.2 Å². The molecule has 0 saturated heterocycles. The Morgan fingerprint density at radius 3 is 2.62 bits per heavy atom. The van der Waals surface area contributed by atoms with Gasteiger partial charge < -0.3 is 0 Å². The van der Waals surface area contributed by atoms with Crippen LogP contribution < -0.4 is 4.72 Å². The van der Waals surface area contributed by atoms with Crippen molar-refractivity contribution in [3.05, 3.63) is 56.9 Å². The molecule has 0 amide bonds. The molecule has 0 fully saturated rings. The predicted octanol–water partition coefficient (Wildman–Crippen LogP) is 2.69. The van der Waals surface area contributed by atoms with Crippen LogP contribution in [0.4, 0.5) is 15.9 Å². The first-order valence-corrected chi connectivity index (χ1v) is 7.67. The third-order valence-corrected chi connectivity index (χ3v) is 4.42. The zero-order valence-corrected chi connectivity index (χ0v) is 12.6. The lowest BCUT2D eigenvalue weighted by atomic mass is 10.3. The summed E-state index contributed by atoms with van der Waals surface area (Å²) in [6.07, 6.45) is 1.34. The first kappa shape index (κ1) is 15.3. The summed E-state index contributed by atoms with van der Waals surface area (Å²) in [6, 6.07) is 5.93. The smallest absolute Gasteiger partial charge is 0.262 e. The molecule has 10 heteroatoms. The van der Waals surface area contributed by atoms with Crippen LogP contribution in [0.25, 0.3) is 0 Å². The quantitative estimate of drug-likeness (QED) is 0.653. The molecule has 2 rings (SSSR count). The standard InChI is InChI=1S/C11H7BrFN3O4S/c12-7-3-2-6-14-11(7)15-21(19,20)9-5-1-4-8(13)10(9)16(17)18/h1-6H,(H,14,15). The van der Waals surface area contributed by atoms with E-state index >= 15 is 0 Å². The van der Waals surface area contributed by atoms with Gasteiger partial charge in [0, 0.05) is 6.20 Å². The monoisotopic (exact) mass is 375 g/mol. The van der Waals surface area contributed by atoms with Crippen molar-refractivity contribution in [2.24, 2.45) is 0 Å². The van der Waals surface area contributed by atoms with Crippen LogP contribution in [0.5, 0.6) is 0 Å². The predicted molar refractivity (Wildman–Crippen MR) is 75.8 cm³/mol. The lowest BCUT2D eigenvalue weighted by Crippen LogP contribution is -2.16. The lowest BCUT2D eigenvalue weighted by molar-refractivity contribution is -0.390. The number of rotatable bonds is 4. The number of hydrogen-bond acceptors (Lipinski definition) is 5. The summed E-state index contributed by atoms with van der Waals surface area (Å²) in [5.41, 5.74) is -1.11. The molecular formula is C11H7BrFN3O4S. The molecule has 0 atom stereocenters. The van der Waals surface area contributed by atoms with E-state index in [1.165, 1.54) is 12.3 Å². The largest absolute Gasteiger partial charge is 0.325 e. The van der Waals surface area contributed by atoms with E-state index in [0.29, 0.717) is 4.47 Å². The fourth-order valence-electron chi connectivity index (χ4n) is 1.53. The van der Waals surface area contributed by atoms with Crippen LogP contribution in [-0.4, -0.2) is 18.3 Å². The highest BCUT2D eigenvalue weighted by Gasteiger charge is 2.30. The van der Waals surface area contributed by atoms with Gasteiger partial charge in [-0.05, 0) is 40.2 Å². The maximum Gasteiger partial charge on any atom is 0.325 e. The molecule has 21 heavy (non-hydrogen) atoms. The van der Waals surface area contributed by atoms with Gasteiger partial charge in [-0.15, -0.1) is 0 Å². The van der Waals surface area contributed by atoms with Crippen LogP contribution >= 0.6 is 15.9 Å². The third kappa shape index (κ3) is 3.16. The van der Waals surface area contributed by atoms with Crippen molar-refractivity contribution in [3.63, 3.8) is 0 Å². The molecule has 0 spiro atoms. The second kappa shape index (κ2) is 5.74. The van der Waals surface area contributed by atoms with Crippen molar-refractivity contribution in [1.82, 2.24) is 4.98 Å². The highest BCUT2D eigenvalue weighted by Crippen LogP contribution is 2.29. The number of nitrogens with zero attached hydrogens (tertiary/aromatic N) is 2. The van der Waals surface area contributed by atoms with Crippen molar-refractivity contribution in [1.29, 1.82) is 0 Å². The molecular weight excluding hydrogens is 369 g/mol. The normalized spacial score (nSPS) is 11.1. The molecule has 0 unspecified atom stereocenters. The lowest BCUT2D eigenvalue weighted by Gasteiger charge is -2.09. The summed E-state index contributed by atoms with van der Waals surface area (Å²) < 4.78 is 40.3. The summed E-state index contributed by atoms with van der Waals surface area (Å²) in [5.74, 6) is -1.29. The fraction of sp³-hybridized carbons (Fsp3) is 0. The van der Waals surface area contributed by atoms with E-state index in [-0.39, 0.29) is 5.82 Å². The van der Waals surface area contributed by atoms with Crippen LogP contribution in [0.2, 0.25) is 0 Å². The minimum atomic E-state index is -4.36. The van der Waals surface area contributed by atoms with Gasteiger partial charge in [-0.3, -0.25) is 14.8 Å². The number of nitro groups is 1. The topological polar surface area (TPSA) is 102 Å². The Hall–Kier alpha value is -2.07. The van der Waals surface area contributed by atoms with Crippen LogP contribution in [0.15, 0.2) is 45.9 Å². The first-order chi connectivity index (χ1) is 9.83. The van der Waals surface area contributed by atoms with E-state index in [9.17, 15) is 22.9 Å². The van der Waals surface area contributed by atoms with Crippen molar-refractivity contribution in [3.8, 4) is 0 Å². The summed E-state index contributed by atoms with van der Waals surface area (Å²) in [4.78, 5) is 12.8. The Morgan fingerprint density at radius 2 is 2.00 bits per heavy atom. The Bertz CT molecular complexity index is 813. The van der Waals surface area contributed by atoms with Gasteiger partial charge in [-0.2, -0.15) is 4.39 Å². The maximum atomic E-state index is 13.5. The zero-order chi connectivity index (χ0) is 15.6. The number of hydrogen-bond donors (Lipinski definition) is 1. The first-order valence-electron chi connectivity index (χ1n) is 5.39. The Balaban J connectivity index is 2.53. The summed E-state index contributed by atoms with van der Waals surface area (Å²) in [6.45, 7) is 0. The number of benzene rings is 1. The minimum absolute atomic E-state index is 0.0592. The highest BCUT2D eigenvalue weighted by atomic mass is 79.9. The molecule has 0 bridgehead atoms. The molecule has 0 aliphatic rings. The number of anilines is 1. The van der Waals surface area contributed by atoms with Gasteiger partial charge in [-0.25, -0.2) is 13.4 Å². The van der Waals surface area contributed by atoms with Gasteiger partial charge in [-0.1, -0.05) is 6.07 Å². The van der Waals surface area contributed by atoms with Gasteiger partial charge in [0.1, 0.15) is 0 Å². The van der Waals surface area contributed by atoms with Gasteiger partial charge >= 0.3 is 5.69 Å². The maximum absolute atomic E-state index is 13.5. The van der Waals surface area contributed by atoms with Crippen LogP contribution in [0, 0.1) is 15.9 Å². The van der Waals surface area contributed by atoms with Gasteiger partial charge in [0.25, 0.3) is 10.0 Å². The molecule has 0 aliphatic carbocycles. The second-order valence-electron chi connectivity index (χ2n) is 3.78. The molecule has 0 radical (unpaired) electrons. The molecule has 110 valence electrons. The van der Waals surface area contributed by atoms with Crippen LogP contribution in [0.1, 0.15) is 0 Å². The molecule has 7 nitrogen and oxygen atoms in total. The average Bonchev–Trinajstić information content (AvgIpc) is 2.40. The van der Waals surface area contributed by atoms with Gasteiger partial charge in [0.15, 0.2) is 10.7 Å². The van der Waals surface area contributed by atoms with Gasteiger partial charge in [0.05, 0.1) is 9.40 Å². The number of aromatic nitrogens is 1. The number of nitro benzene ring substituents is 1. The highest BCUT2D eigenvalue weighted by molar-refractivity contribution is 9.10. The molecule has 0 saturated carbocycles. The molecule has 2 aromatic rings. The molecule has 1 N–H and O–H groups in total. The molecule has 1 aromatic heterocycles. The number of sulfonamides is 1. The van der Waals surface area contributed by atoms with E-state index in [2.05, 4.69) is 25.6 Å². The number of halogens is 2. The number of nitrogens with one attached hydrogen (secondary N) is 1. The van der Waals surface area contributed by atoms with E-state index in [1.807, 2.05) is 0 Å². The van der Waals surface area contributed by atoms with E-state index in [1.54, 1.807) is 6.07 Å². The fourth-order valence-corrected chi connectivity index (χ4v) is 3.23. The Kier molecular flexibility index (Phi) is 4.19. The van der Waals surface area contributed by atoms with Crippen LogP contribution in [0.3, 0.4) is 0 Å². The van der Waals surface area contributed by atoms with Crippen LogP contribution in [-0.2, 0) is 10.0 Å². The molecule has 0 aliphatic heterocycles. The number of pyridine rings is 1. The van der Waals surface area contributed by atoms with Crippen molar-refractivity contribution in [2.75, 3.05) is 4.72 Å². The SMILES string of the molecule is O=[N+]([O-])c1c(F)cccc1S(=O)(=O)Nc1ncccc1Br. The number of para-hydroxylation sites is 1.